The minimum absolute atomic E-state index is 0.219. The summed E-state index contributed by atoms with van der Waals surface area (Å²) in [6.07, 6.45) is 0.302. The third-order valence-corrected chi connectivity index (χ3v) is 3.66. The number of aliphatic hydroxyl groups excluding tert-OH is 2. The van der Waals surface area contributed by atoms with Gasteiger partial charge in [0.2, 0.25) is 5.95 Å². The molecule has 0 radical (unpaired) electrons. The summed E-state index contributed by atoms with van der Waals surface area (Å²) in [4.78, 5) is 11.5. The number of nitrogens with one attached hydrogen (secondary N) is 2. The monoisotopic (exact) mass is 297 g/mol. The lowest BCUT2D eigenvalue weighted by atomic mass is 10.2. The van der Waals surface area contributed by atoms with Crippen molar-refractivity contribution in [1.82, 2.24) is 19.5 Å². The Hall–Kier alpha value is -1.55. The fourth-order valence-electron chi connectivity index (χ4n) is 2.32. The van der Waals surface area contributed by atoms with Gasteiger partial charge < -0.3 is 25.3 Å². The molecular weight excluding hydrogens is 282 g/mol. The Kier molecular flexibility index (Phi) is 3.42. The first-order valence-corrected chi connectivity index (χ1v) is 6.64. The first kappa shape index (κ1) is 13.4. The molecule has 4 N–H and O–H groups in total. The Morgan fingerprint density at radius 3 is 3.10 bits per heavy atom. The van der Waals surface area contributed by atoms with E-state index < -0.39 is 18.4 Å². The van der Waals surface area contributed by atoms with E-state index in [4.69, 9.17) is 22.1 Å². The predicted octanol–water partition coefficient (Wildman–Crippen LogP) is 0.171. The van der Waals surface area contributed by atoms with Crippen LogP contribution in [0.5, 0.6) is 0 Å². The van der Waals surface area contributed by atoms with Gasteiger partial charge in [-0.25, -0.2) is 9.97 Å². The van der Waals surface area contributed by atoms with Crippen molar-refractivity contribution in [2.45, 2.75) is 24.9 Å². The second-order valence-electron chi connectivity index (χ2n) is 4.60. The fourth-order valence-corrected chi connectivity index (χ4v) is 2.56. The van der Waals surface area contributed by atoms with Crippen LogP contribution >= 0.6 is 12.2 Å². The molecule has 1 aliphatic heterocycles. The maximum Gasteiger partial charge on any atom is 0.202 e. The van der Waals surface area contributed by atoms with Crippen molar-refractivity contribution in [3.05, 3.63) is 11.0 Å². The van der Waals surface area contributed by atoms with Crippen LogP contribution in [0.3, 0.4) is 0 Å². The fraction of sp³-hybridized carbons (Fsp3) is 0.545. The number of hydrogen-bond donors (Lipinski definition) is 4. The van der Waals surface area contributed by atoms with Crippen LogP contribution < -0.4 is 5.32 Å². The molecule has 8 nitrogen and oxygen atoms in total. The molecule has 20 heavy (non-hydrogen) atoms. The molecular formula is C11H15N5O3S. The number of ether oxygens (including phenoxy) is 1. The minimum atomic E-state index is -0.698. The van der Waals surface area contributed by atoms with Crippen LogP contribution in [0.2, 0.25) is 0 Å². The van der Waals surface area contributed by atoms with E-state index in [0.29, 0.717) is 28.2 Å². The summed E-state index contributed by atoms with van der Waals surface area (Å²) in [5.41, 5.74) is 1.25. The molecule has 3 rings (SSSR count). The number of H-pyrrole nitrogens is 1. The second-order valence-corrected chi connectivity index (χ2v) is 4.99. The summed E-state index contributed by atoms with van der Waals surface area (Å²) in [5, 5.41) is 21.8. The van der Waals surface area contributed by atoms with Crippen molar-refractivity contribution in [3.8, 4) is 0 Å². The highest BCUT2D eigenvalue weighted by Crippen LogP contribution is 2.30. The van der Waals surface area contributed by atoms with E-state index >= 15 is 0 Å². The molecule has 0 saturated carbocycles. The van der Waals surface area contributed by atoms with Gasteiger partial charge in [0.25, 0.3) is 0 Å². The van der Waals surface area contributed by atoms with Gasteiger partial charge in [-0.2, -0.15) is 0 Å². The largest absolute Gasteiger partial charge is 0.394 e. The van der Waals surface area contributed by atoms with Crippen LogP contribution in [0.25, 0.3) is 11.2 Å². The van der Waals surface area contributed by atoms with E-state index in [-0.39, 0.29) is 6.61 Å². The van der Waals surface area contributed by atoms with Gasteiger partial charge >= 0.3 is 0 Å². The average Bonchev–Trinajstić information content (AvgIpc) is 3.01. The normalized spacial score (nSPS) is 26.2. The number of imidazole rings is 1. The van der Waals surface area contributed by atoms with Crippen molar-refractivity contribution < 1.29 is 14.9 Å². The molecule has 0 spiro atoms. The topological polar surface area (TPSA) is 108 Å². The van der Waals surface area contributed by atoms with E-state index in [1.165, 1.54) is 0 Å². The van der Waals surface area contributed by atoms with Crippen LogP contribution in [-0.2, 0) is 4.74 Å². The predicted molar refractivity (Wildman–Crippen MR) is 73.9 cm³/mol. The summed E-state index contributed by atoms with van der Waals surface area (Å²) in [5.74, 6) is 0.529. The van der Waals surface area contributed by atoms with Crippen molar-refractivity contribution in [3.63, 3.8) is 0 Å². The van der Waals surface area contributed by atoms with Gasteiger partial charge in [-0.1, -0.05) is 12.2 Å². The van der Waals surface area contributed by atoms with Gasteiger partial charge in [-0.3, -0.25) is 4.57 Å². The Balaban J connectivity index is 2.05. The standard InChI is InChI=1S/C11H15N5O3S/c1-12-11-14-9-8(10(20)15-11)13-4-16(9)7-2-5(18)6(3-17)19-7/h4-7,17-18H,2-3H2,1H3,(H2,12,14,15,20)/t5-,6+,7-/m1/s1. The van der Waals surface area contributed by atoms with E-state index in [1.54, 1.807) is 17.9 Å². The summed E-state index contributed by atoms with van der Waals surface area (Å²) >= 11 is 5.19. The maximum atomic E-state index is 9.81. The summed E-state index contributed by atoms with van der Waals surface area (Å²) in [6.45, 7) is -0.219. The lowest BCUT2D eigenvalue weighted by molar-refractivity contribution is -0.0432. The number of hydrogen-bond acceptors (Lipinski definition) is 7. The van der Waals surface area contributed by atoms with Crippen molar-refractivity contribution >= 4 is 29.3 Å². The van der Waals surface area contributed by atoms with Crippen molar-refractivity contribution in [2.75, 3.05) is 19.0 Å². The van der Waals surface area contributed by atoms with Gasteiger partial charge in [0, 0.05) is 13.5 Å². The van der Waals surface area contributed by atoms with E-state index in [0.717, 1.165) is 0 Å². The van der Waals surface area contributed by atoms with E-state index in [2.05, 4.69) is 20.3 Å². The van der Waals surface area contributed by atoms with Gasteiger partial charge in [-0.05, 0) is 0 Å². The molecule has 2 aromatic heterocycles. The zero-order valence-corrected chi connectivity index (χ0v) is 11.6. The zero-order valence-electron chi connectivity index (χ0n) is 10.8. The highest BCUT2D eigenvalue weighted by atomic mass is 32.1. The van der Waals surface area contributed by atoms with E-state index in [1.807, 2.05) is 0 Å². The molecule has 0 aromatic carbocycles. The number of anilines is 1. The molecule has 108 valence electrons. The Labute approximate surface area is 119 Å². The molecule has 3 heterocycles. The SMILES string of the molecule is CNc1nc(=S)c2ncn([C@H]3C[C@@H](O)[C@H](CO)O3)c2[nH]1. The summed E-state index contributed by atoms with van der Waals surface area (Å²) in [7, 11) is 1.73. The van der Waals surface area contributed by atoms with Crippen LogP contribution in [-0.4, -0.2) is 55.6 Å². The zero-order chi connectivity index (χ0) is 14.3. The van der Waals surface area contributed by atoms with Gasteiger partial charge in [0.1, 0.15) is 23.5 Å². The molecule has 2 aromatic rings. The number of aromatic nitrogens is 4. The Morgan fingerprint density at radius 1 is 1.65 bits per heavy atom. The van der Waals surface area contributed by atoms with Crippen LogP contribution in [0, 0.1) is 4.64 Å². The summed E-state index contributed by atoms with van der Waals surface area (Å²) < 4.78 is 7.76. The first-order chi connectivity index (χ1) is 9.63. The van der Waals surface area contributed by atoms with Gasteiger partial charge in [-0.15, -0.1) is 0 Å². The number of aromatic amines is 1. The first-order valence-electron chi connectivity index (χ1n) is 6.23. The average molecular weight is 297 g/mol. The molecule has 3 atom stereocenters. The number of aliphatic hydroxyl groups is 2. The Morgan fingerprint density at radius 2 is 2.45 bits per heavy atom. The smallest absolute Gasteiger partial charge is 0.202 e. The lowest BCUT2D eigenvalue weighted by Crippen LogP contribution is -2.24. The third kappa shape index (κ3) is 2.08. The highest BCUT2D eigenvalue weighted by Gasteiger charge is 2.35. The Bertz CT molecular complexity index is 684. The quantitative estimate of drug-likeness (QED) is 0.598. The van der Waals surface area contributed by atoms with Crippen LogP contribution in [0.4, 0.5) is 5.95 Å². The van der Waals surface area contributed by atoms with Crippen LogP contribution in [0.1, 0.15) is 12.6 Å². The number of fused-ring (bicyclic) bond motifs is 1. The molecule has 1 fully saturated rings. The van der Waals surface area contributed by atoms with Crippen molar-refractivity contribution in [1.29, 1.82) is 0 Å². The number of rotatable bonds is 3. The molecule has 0 unspecified atom stereocenters. The summed E-state index contributed by atoms with van der Waals surface area (Å²) in [6, 6.07) is 0. The second kappa shape index (κ2) is 5.09. The van der Waals surface area contributed by atoms with E-state index in [9.17, 15) is 5.11 Å². The number of nitrogens with zero attached hydrogens (tertiary/aromatic N) is 3. The molecule has 1 saturated heterocycles. The van der Waals surface area contributed by atoms with Crippen LogP contribution in [0.15, 0.2) is 6.33 Å². The molecule has 9 heteroatoms. The lowest BCUT2D eigenvalue weighted by Gasteiger charge is -2.14. The van der Waals surface area contributed by atoms with Crippen molar-refractivity contribution in [2.24, 2.45) is 0 Å². The van der Waals surface area contributed by atoms with Gasteiger partial charge in [0.15, 0.2) is 4.64 Å². The highest BCUT2D eigenvalue weighted by molar-refractivity contribution is 7.71. The maximum absolute atomic E-state index is 9.81. The molecule has 1 aliphatic rings. The molecule has 0 bridgehead atoms. The third-order valence-electron chi connectivity index (χ3n) is 3.38. The van der Waals surface area contributed by atoms with Gasteiger partial charge in [0.05, 0.1) is 19.0 Å². The molecule has 0 aliphatic carbocycles. The molecule has 0 amide bonds. The minimum Gasteiger partial charge on any atom is -0.394 e.